The van der Waals surface area contributed by atoms with E-state index in [2.05, 4.69) is 24.0 Å². The number of aryl methyl sites for hydroxylation is 2. The molecule has 1 amide bonds. The molecular formula is C19H23N3O2. The number of aromatic nitrogens is 1. The highest BCUT2D eigenvalue weighted by molar-refractivity contribution is 5.82. The van der Waals surface area contributed by atoms with Crippen molar-refractivity contribution in [1.82, 2.24) is 9.88 Å². The van der Waals surface area contributed by atoms with Crippen molar-refractivity contribution in [3.05, 3.63) is 53.2 Å². The third-order valence-electron chi connectivity index (χ3n) is 4.34. The van der Waals surface area contributed by atoms with Crippen molar-refractivity contribution >= 4 is 11.6 Å². The molecule has 2 aromatic rings. The Kier molecular flexibility index (Phi) is 4.69. The van der Waals surface area contributed by atoms with Gasteiger partial charge >= 0.3 is 0 Å². The van der Waals surface area contributed by atoms with Crippen molar-refractivity contribution in [3.63, 3.8) is 0 Å². The normalized spacial score (nSPS) is 13.2. The number of carbonyl (C=O) groups is 1. The molecule has 0 unspecified atom stereocenters. The monoisotopic (exact) mass is 325 g/mol. The number of likely N-dealkylation sites (N-methyl/N-ethyl adjacent to an activating group) is 1. The van der Waals surface area contributed by atoms with Gasteiger partial charge in [0.25, 0.3) is 0 Å². The van der Waals surface area contributed by atoms with Crippen molar-refractivity contribution in [2.45, 2.75) is 20.4 Å². The Labute approximate surface area is 142 Å². The summed E-state index contributed by atoms with van der Waals surface area (Å²) in [6.07, 6.45) is 0. The number of carbonyl (C=O) groups excluding carboxylic acids is 1. The summed E-state index contributed by atoms with van der Waals surface area (Å²) in [5.74, 6) is 0.710. The second-order valence-electron chi connectivity index (χ2n) is 6.22. The zero-order valence-corrected chi connectivity index (χ0v) is 14.5. The Hall–Kier alpha value is -2.56. The van der Waals surface area contributed by atoms with Crippen molar-refractivity contribution in [3.8, 4) is 5.88 Å². The summed E-state index contributed by atoms with van der Waals surface area (Å²) in [5, 5.41) is 0. The van der Waals surface area contributed by atoms with Crippen LogP contribution in [0.3, 0.4) is 0 Å². The zero-order valence-electron chi connectivity index (χ0n) is 14.5. The summed E-state index contributed by atoms with van der Waals surface area (Å²) in [5.41, 5.74) is 4.18. The van der Waals surface area contributed by atoms with Crippen LogP contribution in [0.2, 0.25) is 0 Å². The fourth-order valence-electron chi connectivity index (χ4n) is 2.82. The van der Waals surface area contributed by atoms with E-state index in [4.69, 9.17) is 4.74 Å². The number of benzene rings is 1. The van der Waals surface area contributed by atoms with Crippen LogP contribution in [0, 0.1) is 13.8 Å². The van der Waals surface area contributed by atoms with Gasteiger partial charge in [-0.15, -0.1) is 0 Å². The highest BCUT2D eigenvalue weighted by atomic mass is 16.5. The molecule has 3 rings (SSSR count). The van der Waals surface area contributed by atoms with Gasteiger partial charge in [-0.25, -0.2) is 4.98 Å². The van der Waals surface area contributed by atoms with Gasteiger partial charge in [-0.1, -0.05) is 24.3 Å². The Morgan fingerprint density at radius 2 is 2.04 bits per heavy atom. The Bertz CT molecular complexity index is 745. The molecule has 0 spiro atoms. The number of rotatable bonds is 4. The molecule has 5 heteroatoms. The molecule has 126 valence electrons. The lowest BCUT2D eigenvalue weighted by molar-refractivity contribution is -0.129. The number of hydrogen-bond acceptors (Lipinski definition) is 4. The van der Waals surface area contributed by atoms with E-state index in [0.29, 0.717) is 32.1 Å². The Morgan fingerprint density at radius 1 is 1.25 bits per heavy atom. The highest BCUT2D eigenvalue weighted by Crippen LogP contribution is 2.29. The van der Waals surface area contributed by atoms with Crippen LogP contribution in [0.25, 0.3) is 0 Å². The van der Waals surface area contributed by atoms with E-state index < -0.39 is 0 Å². The number of hydrogen-bond donors (Lipinski definition) is 0. The molecule has 0 atom stereocenters. The van der Waals surface area contributed by atoms with Gasteiger partial charge in [-0.2, -0.15) is 0 Å². The first kappa shape index (κ1) is 16.3. The maximum absolute atomic E-state index is 12.6. The number of ether oxygens (including phenoxy) is 1. The predicted octanol–water partition coefficient (Wildman–Crippen LogP) is 2.56. The SMILES string of the molecule is Cc1ccc2c(n1)OCCN2CC(=O)N(C)Cc1ccccc1C. The van der Waals surface area contributed by atoms with E-state index in [0.717, 1.165) is 11.4 Å². The number of amides is 1. The van der Waals surface area contributed by atoms with Gasteiger partial charge in [0.1, 0.15) is 12.3 Å². The van der Waals surface area contributed by atoms with Gasteiger partial charge < -0.3 is 14.5 Å². The van der Waals surface area contributed by atoms with Crippen LogP contribution in [0.4, 0.5) is 5.69 Å². The molecule has 1 aliphatic rings. The van der Waals surface area contributed by atoms with Gasteiger partial charge in [0, 0.05) is 19.3 Å². The van der Waals surface area contributed by atoms with E-state index in [1.807, 2.05) is 43.1 Å². The molecule has 0 fully saturated rings. The molecule has 0 N–H and O–H groups in total. The average Bonchev–Trinajstić information content (AvgIpc) is 2.56. The van der Waals surface area contributed by atoms with Gasteiger partial charge in [0.15, 0.2) is 0 Å². The van der Waals surface area contributed by atoms with Crippen molar-refractivity contribution < 1.29 is 9.53 Å². The fraction of sp³-hybridized carbons (Fsp3) is 0.368. The molecule has 0 aliphatic carbocycles. The maximum Gasteiger partial charge on any atom is 0.242 e. The lowest BCUT2D eigenvalue weighted by atomic mass is 10.1. The summed E-state index contributed by atoms with van der Waals surface area (Å²) >= 11 is 0. The summed E-state index contributed by atoms with van der Waals surface area (Å²) in [6.45, 7) is 6.21. The third-order valence-corrected chi connectivity index (χ3v) is 4.34. The molecule has 1 aromatic carbocycles. The quantitative estimate of drug-likeness (QED) is 0.867. The molecule has 1 aromatic heterocycles. The van der Waals surface area contributed by atoms with Crippen molar-refractivity contribution in [1.29, 1.82) is 0 Å². The molecule has 0 saturated carbocycles. The smallest absolute Gasteiger partial charge is 0.242 e. The molecule has 2 heterocycles. The van der Waals surface area contributed by atoms with Crippen molar-refractivity contribution in [2.75, 3.05) is 31.6 Å². The lowest BCUT2D eigenvalue weighted by Gasteiger charge is -2.31. The maximum atomic E-state index is 12.6. The van der Waals surface area contributed by atoms with Crippen LogP contribution in [0.1, 0.15) is 16.8 Å². The van der Waals surface area contributed by atoms with Crippen LogP contribution >= 0.6 is 0 Å². The topological polar surface area (TPSA) is 45.7 Å². The standard InChI is InChI=1S/C19H23N3O2/c1-14-6-4-5-7-16(14)12-21(3)18(23)13-22-10-11-24-19-17(22)9-8-15(2)20-19/h4-9H,10-13H2,1-3H3. The van der Waals surface area contributed by atoms with E-state index in [1.165, 1.54) is 11.1 Å². The van der Waals surface area contributed by atoms with E-state index in [9.17, 15) is 4.79 Å². The van der Waals surface area contributed by atoms with Crippen LogP contribution in [-0.2, 0) is 11.3 Å². The number of nitrogens with zero attached hydrogens (tertiary/aromatic N) is 3. The first-order chi connectivity index (χ1) is 11.5. The summed E-state index contributed by atoms with van der Waals surface area (Å²) in [7, 11) is 1.85. The van der Waals surface area contributed by atoms with Gasteiger partial charge in [0.2, 0.25) is 11.8 Å². The van der Waals surface area contributed by atoms with Crippen LogP contribution in [0.5, 0.6) is 5.88 Å². The van der Waals surface area contributed by atoms with E-state index in [1.54, 1.807) is 4.90 Å². The van der Waals surface area contributed by atoms with Gasteiger partial charge in [0.05, 0.1) is 13.1 Å². The number of pyridine rings is 1. The Balaban J connectivity index is 1.68. The highest BCUT2D eigenvalue weighted by Gasteiger charge is 2.23. The molecule has 0 bridgehead atoms. The fourth-order valence-corrected chi connectivity index (χ4v) is 2.82. The molecule has 1 aliphatic heterocycles. The second kappa shape index (κ2) is 6.91. The largest absolute Gasteiger partial charge is 0.474 e. The summed E-state index contributed by atoms with van der Waals surface area (Å²) in [4.78, 5) is 20.9. The molecule has 0 saturated heterocycles. The van der Waals surface area contributed by atoms with Gasteiger partial charge in [-0.05, 0) is 37.1 Å². The number of fused-ring (bicyclic) bond motifs is 1. The zero-order chi connectivity index (χ0) is 17.1. The molecule has 0 radical (unpaired) electrons. The average molecular weight is 325 g/mol. The van der Waals surface area contributed by atoms with E-state index in [-0.39, 0.29) is 5.91 Å². The van der Waals surface area contributed by atoms with Gasteiger partial charge in [-0.3, -0.25) is 4.79 Å². The van der Waals surface area contributed by atoms with Crippen molar-refractivity contribution in [2.24, 2.45) is 0 Å². The minimum atomic E-state index is 0.0895. The number of anilines is 1. The minimum Gasteiger partial charge on any atom is -0.474 e. The molecule has 5 nitrogen and oxygen atoms in total. The second-order valence-corrected chi connectivity index (χ2v) is 6.22. The first-order valence-corrected chi connectivity index (χ1v) is 8.18. The summed E-state index contributed by atoms with van der Waals surface area (Å²) < 4.78 is 5.61. The molecule has 24 heavy (non-hydrogen) atoms. The van der Waals surface area contributed by atoms with E-state index >= 15 is 0 Å². The lowest BCUT2D eigenvalue weighted by Crippen LogP contribution is -2.42. The predicted molar refractivity (Wildman–Crippen MR) is 94.3 cm³/mol. The minimum absolute atomic E-state index is 0.0895. The summed E-state index contributed by atoms with van der Waals surface area (Å²) in [6, 6.07) is 12.1. The van der Waals surface area contributed by atoms with Crippen LogP contribution in [-0.4, -0.2) is 42.5 Å². The third kappa shape index (κ3) is 3.50. The van der Waals surface area contributed by atoms with Crippen LogP contribution in [0.15, 0.2) is 36.4 Å². The first-order valence-electron chi connectivity index (χ1n) is 8.18. The molecular weight excluding hydrogens is 302 g/mol. The van der Waals surface area contributed by atoms with Crippen LogP contribution < -0.4 is 9.64 Å². The Morgan fingerprint density at radius 3 is 2.83 bits per heavy atom.